The second-order valence-electron chi connectivity index (χ2n) is 3.49. The molecule has 86 valence electrons. The monoisotopic (exact) mass is 221 g/mol. The average molecular weight is 221 g/mol. The Labute approximate surface area is 94.8 Å². The van der Waals surface area contributed by atoms with Gasteiger partial charge in [-0.05, 0) is 6.92 Å². The Morgan fingerprint density at radius 1 is 1.44 bits per heavy atom. The smallest absolute Gasteiger partial charge is 0.227 e. The third kappa shape index (κ3) is 2.79. The van der Waals surface area contributed by atoms with Gasteiger partial charge in [-0.15, -0.1) is 0 Å². The van der Waals surface area contributed by atoms with Gasteiger partial charge >= 0.3 is 0 Å². The first kappa shape index (κ1) is 12.2. The van der Waals surface area contributed by atoms with E-state index in [2.05, 4.69) is 9.97 Å². The molecule has 1 rings (SSSR count). The maximum atomic E-state index is 11.9. The van der Waals surface area contributed by atoms with Crippen LogP contribution in [0.5, 0.6) is 5.88 Å². The normalized spacial score (nSPS) is 10.5. The van der Waals surface area contributed by atoms with Crippen molar-refractivity contribution < 1.29 is 9.53 Å². The zero-order valence-corrected chi connectivity index (χ0v) is 9.89. The quantitative estimate of drug-likeness (QED) is 0.562. The molecule has 0 saturated carbocycles. The number of allylic oxidation sites excluding steroid dienone is 1. The lowest BCUT2D eigenvalue weighted by Crippen LogP contribution is -2.07. The van der Waals surface area contributed by atoms with Crippen LogP contribution in [0.25, 0.3) is 0 Å². The highest BCUT2D eigenvalue weighted by Gasteiger charge is 2.14. The first-order valence-corrected chi connectivity index (χ1v) is 4.80. The fourth-order valence-electron chi connectivity index (χ4n) is 1.19. The van der Waals surface area contributed by atoms with Crippen LogP contribution < -0.4 is 4.74 Å². The van der Waals surface area contributed by atoms with Gasteiger partial charge in [0.1, 0.15) is 11.9 Å². The van der Waals surface area contributed by atoms with Gasteiger partial charge < -0.3 is 9.64 Å². The number of ether oxygens (including phenoxy) is 1. The van der Waals surface area contributed by atoms with Gasteiger partial charge in [-0.2, -0.15) is 0 Å². The van der Waals surface area contributed by atoms with Gasteiger partial charge in [0.25, 0.3) is 0 Å². The van der Waals surface area contributed by atoms with E-state index in [4.69, 9.17) is 4.74 Å². The van der Waals surface area contributed by atoms with Crippen molar-refractivity contribution in [3.8, 4) is 5.88 Å². The lowest BCUT2D eigenvalue weighted by atomic mass is 10.1. The van der Waals surface area contributed by atoms with Gasteiger partial charge in [-0.25, -0.2) is 9.97 Å². The zero-order valence-electron chi connectivity index (χ0n) is 9.89. The highest BCUT2D eigenvalue weighted by molar-refractivity contribution is 6.06. The molecule has 0 bridgehead atoms. The number of carbonyl (C=O) groups is 1. The van der Waals surface area contributed by atoms with Gasteiger partial charge in [0, 0.05) is 26.4 Å². The lowest BCUT2D eigenvalue weighted by molar-refractivity contribution is 0.104. The molecule has 0 radical (unpaired) electrons. The maximum Gasteiger partial charge on any atom is 0.227 e. The molecule has 0 amide bonds. The van der Waals surface area contributed by atoms with E-state index in [0.29, 0.717) is 17.1 Å². The molecule has 5 heteroatoms. The van der Waals surface area contributed by atoms with E-state index < -0.39 is 0 Å². The summed E-state index contributed by atoms with van der Waals surface area (Å²) < 4.78 is 5.03. The van der Waals surface area contributed by atoms with E-state index in [1.165, 1.54) is 19.5 Å². The van der Waals surface area contributed by atoms with Gasteiger partial charge in [0.05, 0.1) is 12.8 Å². The second-order valence-corrected chi connectivity index (χ2v) is 3.49. The van der Waals surface area contributed by atoms with E-state index in [1.807, 2.05) is 14.1 Å². The van der Waals surface area contributed by atoms with Crippen molar-refractivity contribution in [2.45, 2.75) is 6.92 Å². The Balaban J connectivity index is 3.07. The third-order valence-electron chi connectivity index (χ3n) is 1.97. The van der Waals surface area contributed by atoms with E-state index in [1.54, 1.807) is 18.0 Å². The standard InChI is InChI=1S/C11H15N3O2/c1-8-10(9(15)5-6-14(2)3)11(16-4)13-7-12-8/h5-7H,1-4H3/b6-5+. The number of methoxy groups -OCH3 is 1. The van der Waals surface area contributed by atoms with Crippen LogP contribution in [0.4, 0.5) is 0 Å². The maximum absolute atomic E-state index is 11.9. The highest BCUT2D eigenvalue weighted by atomic mass is 16.5. The first-order chi connectivity index (χ1) is 7.56. The molecule has 0 atom stereocenters. The molecule has 0 spiro atoms. The van der Waals surface area contributed by atoms with Crippen LogP contribution >= 0.6 is 0 Å². The molecule has 1 aromatic heterocycles. The number of aromatic nitrogens is 2. The van der Waals surface area contributed by atoms with Crippen LogP contribution in [0.15, 0.2) is 18.6 Å². The largest absolute Gasteiger partial charge is 0.480 e. The summed E-state index contributed by atoms with van der Waals surface area (Å²) in [5, 5.41) is 0. The molecule has 0 aliphatic rings. The molecule has 0 N–H and O–H groups in total. The zero-order chi connectivity index (χ0) is 12.1. The summed E-state index contributed by atoms with van der Waals surface area (Å²) in [6.45, 7) is 1.75. The van der Waals surface area contributed by atoms with Crippen molar-refractivity contribution in [2.24, 2.45) is 0 Å². The predicted octanol–water partition coefficient (Wildman–Crippen LogP) is 1.05. The number of hydrogen-bond donors (Lipinski definition) is 0. The summed E-state index contributed by atoms with van der Waals surface area (Å²) in [6, 6.07) is 0. The summed E-state index contributed by atoms with van der Waals surface area (Å²) >= 11 is 0. The predicted molar refractivity (Wildman–Crippen MR) is 60.5 cm³/mol. The first-order valence-electron chi connectivity index (χ1n) is 4.80. The van der Waals surface area contributed by atoms with Crippen molar-refractivity contribution in [2.75, 3.05) is 21.2 Å². The van der Waals surface area contributed by atoms with Crippen molar-refractivity contribution in [3.63, 3.8) is 0 Å². The molecule has 0 fully saturated rings. The number of aryl methyl sites for hydroxylation is 1. The summed E-state index contributed by atoms with van der Waals surface area (Å²) in [7, 11) is 5.17. The minimum atomic E-state index is -0.163. The van der Waals surface area contributed by atoms with Crippen LogP contribution in [0.2, 0.25) is 0 Å². The fourth-order valence-corrected chi connectivity index (χ4v) is 1.19. The molecule has 0 aliphatic carbocycles. The van der Waals surface area contributed by atoms with Gasteiger partial charge in [-0.1, -0.05) is 0 Å². The Morgan fingerprint density at radius 3 is 2.69 bits per heavy atom. The molecular formula is C11H15N3O2. The molecule has 1 heterocycles. The number of carbonyl (C=O) groups excluding carboxylic acids is 1. The Hall–Kier alpha value is -1.91. The SMILES string of the molecule is COc1ncnc(C)c1C(=O)/C=C/N(C)C. The van der Waals surface area contributed by atoms with Gasteiger partial charge in [0.2, 0.25) is 5.88 Å². The number of ketones is 1. The molecule has 0 aliphatic heterocycles. The summed E-state index contributed by atoms with van der Waals surface area (Å²) in [5.41, 5.74) is 1.02. The second kappa shape index (κ2) is 5.25. The molecule has 1 aromatic rings. The molecule has 16 heavy (non-hydrogen) atoms. The van der Waals surface area contributed by atoms with Crippen LogP contribution in [0, 0.1) is 6.92 Å². The molecular weight excluding hydrogens is 206 g/mol. The topological polar surface area (TPSA) is 55.3 Å². The highest BCUT2D eigenvalue weighted by Crippen LogP contribution is 2.17. The van der Waals surface area contributed by atoms with Crippen LogP contribution in [0.3, 0.4) is 0 Å². The minimum absolute atomic E-state index is 0.163. The molecule has 0 saturated heterocycles. The van der Waals surface area contributed by atoms with E-state index in [9.17, 15) is 4.79 Å². The Bertz CT molecular complexity index is 414. The fraction of sp³-hybridized carbons (Fsp3) is 0.364. The van der Waals surface area contributed by atoms with E-state index >= 15 is 0 Å². The Morgan fingerprint density at radius 2 is 2.12 bits per heavy atom. The average Bonchev–Trinajstić information content (AvgIpc) is 2.25. The Kier molecular flexibility index (Phi) is 3.99. The molecule has 0 unspecified atom stereocenters. The van der Waals surface area contributed by atoms with Gasteiger partial charge in [0.15, 0.2) is 5.78 Å². The summed E-state index contributed by atoms with van der Waals surface area (Å²) in [5.74, 6) is 0.143. The van der Waals surface area contributed by atoms with Crippen LogP contribution in [-0.4, -0.2) is 41.9 Å². The molecule has 0 aromatic carbocycles. The number of hydrogen-bond acceptors (Lipinski definition) is 5. The van der Waals surface area contributed by atoms with Crippen molar-refractivity contribution in [1.29, 1.82) is 0 Å². The number of rotatable bonds is 4. The third-order valence-corrected chi connectivity index (χ3v) is 1.97. The summed E-state index contributed by atoms with van der Waals surface area (Å²) in [4.78, 5) is 21.5. The lowest BCUT2D eigenvalue weighted by Gasteiger charge is -2.07. The van der Waals surface area contributed by atoms with Crippen LogP contribution in [0.1, 0.15) is 16.1 Å². The van der Waals surface area contributed by atoms with Crippen molar-refractivity contribution in [3.05, 3.63) is 29.9 Å². The minimum Gasteiger partial charge on any atom is -0.480 e. The van der Waals surface area contributed by atoms with Crippen molar-refractivity contribution in [1.82, 2.24) is 14.9 Å². The van der Waals surface area contributed by atoms with Crippen LogP contribution in [-0.2, 0) is 0 Å². The summed E-state index contributed by atoms with van der Waals surface area (Å²) in [6.07, 6.45) is 4.52. The van der Waals surface area contributed by atoms with Gasteiger partial charge in [-0.3, -0.25) is 4.79 Å². The van der Waals surface area contributed by atoms with Crippen molar-refractivity contribution >= 4 is 5.78 Å². The van der Waals surface area contributed by atoms with E-state index in [0.717, 1.165) is 0 Å². The van der Waals surface area contributed by atoms with E-state index in [-0.39, 0.29) is 5.78 Å². The molecule has 5 nitrogen and oxygen atoms in total. The number of nitrogens with zero attached hydrogens (tertiary/aromatic N) is 3.